The summed E-state index contributed by atoms with van der Waals surface area (Å²) in [5.74, 6) is 0.418. The Bertz CT molecular complexity index is 471. The van der Waals surface area contributed by atoms with Gasteiger partial charge in [0.1, 0.15) is 5.82 Å². The van der Waals surface area contributed by atoms with E-state index in [2.05, 4.69) is 31.0 Å². The van der Waals surface area contributed by atoms with Gasteiger partial charge in [-0.25, -0.2) is 13.4 Å². The van der Waals surface area contributed by atoms with E-state index in [1.807, 2.05) is 0 Å². The van der Waals surface area contributed by atoms with Crippen LogP contribution in [0, 0.1) is 0 Å². The van der Waals surface area contributed by atoms with Crippen molar-refractivity contribution in [1.29, 1.82) is 0 Å². The Morgan fingerprint density at radius 2 is 2.18 bits per heavy atom. The molecule has 1 aliphatic carbocycles. The summed E-state index contributed by atoms with van der Waals surface area (Å²) < 4.78 is 26.6. The number of nitrogens with zero attached hydrogens (tertiary/aromatic N) is 1. The lowest BCUT2D eigenvalue weighted by molar-refractivity contribution is 0.595. The number of nitrogens with one attached hydrogen (secondary N) is 2. The molecule has 1 aliphatic rings. The molecule has 7 heteroatoms. The van der Waals surface area contributed by atoms with E-state index >= 15 is 0 Å². The van der Waals surface area contributed by atoms with Crippen molar-refractivity contribution in [2.45, 2.75) is 18.9 Å². The molecule has 0 saturated heterocycles. The summed E-state index contributed by atoms with van der Waals surface area (Å²) in [6.45, 7) is 0.483. The Morgan fingerprint density at radius 1 is 1.41 bits per heavy atom. The van der Waals surface area contributed by atoms with Crippen LogP contribution in [0.4, 0.5) is 5.82 Å². The highest BCUT2D eigenvalue weighted by Gasteiger charge is 2.21. The third-order valence-electron chi connectivity index (χ3n) is 2.37. The molecule has 0 bridgehead atoms. The summed E-state index contributed by atoms with van der Waals surface area (Å²) in [5, 5.41) is 3.16. The van der Waals surface area contributed by atoms with Gasteiger partial charge in [-0.1, -0.05) is 0 Å². The SMILES string of the molecule is O=S(=O)(CCNC1CC1)Nc1ccc(Br)cn1. The van der Waals surface area contributed by atoms with E-state index in [0.29, 0.717) is 18.4 Å². The molecule has 94 valence electrons. The molecule has 0 unspecified atom stereocenters. The maximum Gasteiger partial charge on any atom is 0.235 e. The fraction of sp³-hybridized carbons (Fsp3) is 0.500. The lowest BCUT2D eigenvalue weighted by Crippen LogP contribution is -2.28. The number of pyridine rings is 1. The molecular formula is C10H14BrN3O2S. The van der Waals surface area contributed by atoms with Gasteiger partial charge in [0.05, 0.1) is 5.75 Å². The van der Waals surface area contributed by atoms with Crippen LogP contribution in [0.3, 0.4) is 0 Å². The monoisotopic (exact) mass is 319 g/mol. The molecule has 2 rings (SSSR count). The first kappa shape index (κ1) is 12.8. The molecule has 0 amide bonds. The molecule has 5 nitrogen and oxygen atoms in total. The fourth-order valence-corrected chi connectivity index (χ4v) is 2.49. The zero-order chi connectivity index (χ0) is 12.3. The van der Waals surface area contributed by atoms with Gasteiger partial charge in [-0.2, -0.15) is 0 Å². The van der Waals surface area contributed by atoms with Gasteiger partial charge < -0.3 is 5.32 Å². The number of hydrogen-bond donors (Lipinski definition) is 2. The lowest BCUT2D eigenvalue weighted by atomic mass is 10.5. The Labute approximate surface area is 109 Å². The van der Waals surface area contributed by atoms with Crippen LogP contribution in [0.5, 0.6) is 0 Å². The first-order chi connectivity index (χ1) is 8.05. The summed E-state index contributed by atoms with van der Waals surface area (Å²) in [5.41, 5.74) is 0. The minimum absolute atomic E-state index is 0.0707. The molecule has 0 spiro atoms. The molecule has 0 atom stereocenters. The van der Waals surface area contributed by atoms with Crippen LogP contribution in [0.1, 0.15) is 12.8 Å². The van der Waals surface area contributed by atoms with Crippen molar-refractivity contribution in [2.24, 2.45) is 0 Å². The van der Waals surface area contributed by atoms with Crippen molar-refractivity contribution in [2.75, 3.05) is 17.0 Å². The maximum absolute atomic E-state index is 11.7. The van der Waals surface area contributed by atoms with E-state index in [1.54, 1.807) is 18.3 Å². The zero-order valence-corrected chi connectivity index (χ0v) is 11.6. The predicted molar refractivity (Wildman–Crippen MR) is 70.4 cm³/mol. The average molecular weight is 320 g/mol. The van der Waals surface area contributed by atoms with E-state index in [1.165, 1.54) is 0 Å². The minimum Gasteiger partial charge on any atom is -0.313 e. The molecule has 0 radical (unpaired) electrons. The Kier molecular flexibility index (Phi) is 4.01. The molecule has 0 aliphatic heterocycles. The normalized spacial score (nSPS) is 15.8. The molecule has 0 aromatic carbocycles. The quantitative estimate of drug-likeness (QED) is 0.830. The third-order valence-corrected chi connectivity index (χ3v) is 4.10. The minimum atomic E-state index is -3.31. The average Bonchev–Trinajstić information content (AvgIpc) is 3.05. The van der Waals surface area contributed by atoms with Crippen molar-refractivity contribution in [1.82, 2.24) is 10.3 Å². The van der Waals surface area contributed by atoms with E-state index in [4.69, 9.17) is 0 Å². The van der Waals surface area contributed by atoms with Crippen LogP contribution in [0.15, 0.2) is 22.8 Å². The van der Waals surface area contributed by atoms with Crippen LogP contribution in [0.2, 0.25) is 0 Å². The molecule has 1 fully saturated rings. The number of halogens is 1. The predicted octanol–water partition coefficient (Wildman–Crippen LogP) is 1.34. The van der Waals surface area contributed by atoms with Gasteiger partial charge >= 0.3 is 0 Å². The van der Waals surface area contributed by atoms with Crippen molar-refractivity contribution >= 4 is 31.8 Å². The van der Waals surface area contributed by atoms with Gasteiger partial charge in [-0.3, -0.25) is 4.72 Å². The van der Waals surface area contributed by atoms with Gasteiger partial charge in [0.25, 0.3) is 0 Å². The van der Waals surface area contributed by atoms with E-state index in [0.717, 1.165) is 17.3 Å². The van der Waals surface area contributed by atoms with Crippen molar-refractivity contribution < 1.29 is 8.42 Å². The highest BCUT2D eigenvalue weighted by Crippen LogP contribution is 2.18. The van der Waals surface area contributed by atoms with Crippen molar-refractivity contribution in [3.63, 3.8) is 0 Å². The molecule has 1 saturated carbocycles. The van der Waals surface area contributed by atoms with Gasteiger partial charge in [0.15, 0.2) is 0 Å². The number of sulfonamides is 1. The number of hydrogen-bond acceptors (Lipinski definition) is 4. The zero-order valence-electron chi connectivity index (χ0n) is 9.19. The van der Waals surface area contributed by atoms with Gasteiger partial charge in [-0.15, -0.1) is 0 Å². The second-order valence-corrected chi connectivity index (χ2v) is 6.77. The summed E-state index contributed by atoms with van der Waals surface area (Å²) in [4.78, 5) is 3.96. The van der Waals surface area contributed by atoms with Crippen LogP contribution in [-0.4, -0.2) is 31.7 Å². The molecular weight excluding hydrogens is 306 g/mol. The van der Waals surface area contributed by atoms with Crippen LogP contribution >= 0.6 is 15.9 Å². The second kappa shape index (κ2) is 5.32. The second-order valence-electron chi connectivity index (χ2n) is 4.01. The number of aromatic nitrogens is 1. The first-order valence-electron chi connectivity index (χ1n) is 5.41. The van der Waals surface area contributed by atoms with E-state index < -0.39 is 10.0 Å². The van der Waals surface area contributed by atoms with Gasteiger partial charge in [0.2, 0.25) is 10.0 Å². The topological polar surface area (TPSA) is 71.1 Å². The molecule has 2 N–H and O–H groups in total. The van der Waals surface area contributed by atoms with Crippen LogP contribution < -0.4 is 10.0 Å². The highest BCUT2D eigenvalue weighted by molar-refractivity contribution is 9.10. The Hall–Kier alpha value is -0.660. The van der Waals surface area contributed by atoms with Crippen molar-refractivity contribution in [3.05, 3.63) is 22.8 Å². The first-order valence-corrected chi connectivity index (χ1v) is 7.85. The fourth-order valence-electron chi connectivity index (χ4n) is 1.33. The number of anilines is 1. The van der Waals surface area contributed by atoms with Gasteiger partial charge in [0, 0.05) is 23.3 Å². The highest BCUT2D eigenvalue weighted by atomic mass is 79.9. The molecule has 1 aromatic heterocycles. The summed E-state index contributed by atoms with van der Waals surface area (Å²) in [6.07, 6.45) is 3.86. The third kappa shape index (κ3) is 4.61. The summed E-state index contributed by atoms with van der Waals surface area (Å²) >= 11 is 3.24. The lowest BCUT2D eigenvalue weighted by Gasteiger charge is -2.07. The Balaban J connectivity index is 1.84. The molecule has 17 heavy (non-hydrogen) atoms. The maximum atomic E-state index is 11.7. The molecule has 1 aromatic rings. The molecule has 1 heterocycles. The number of rotatable bonds is 6. The summed E-state index contributed by atoms with van der Waals surface area (Å²) in [6, 6.07) is 3.89. The standard InChI is InChI=1S/C10H14BrN3O2S/c11-8-1-4-10(13-7-8)14-17(15,16)6-5-12-9-2-3-9/h1,4,7,9,12H,2-3,5-6H2,(H,13,14). The smallest absolute Gasteiger partial charge is 0.235 e. The van der Waals surface area contributed by atoms with E-state index in [-0.39, 0.29) is 5.75 Å². The van der Waals surface area contributed by atoms with Crippen LogP contribution in [0.25, 0.3) is 0 Å². The van der Waals surface area contributed by atoms with Crippen LogP contribution in [-0.2, 0) is 10.0 Å². The Morgan fingerprint density at radius 3 is 2.76 bits per heavy atom. The summed E-state index contributed by atoms with van der Waals surface area (Å²) in [7, 11) is -3.31. The largest absolute Gasteiger partial charge is 0.313 e. The van der Waals surface area contributed by atoms with Crippen molar-refractivity contribution in [3.8, 4) is 0 Å². The van der Waals surface area contributed by atoms with E-state index in [9.17, 15) is 8.42 Å². The van der Waals surface area contributed by atoms with Gasteiger partial charge in [-0.05, 0) is 40.9 Å².